The molecule has 21 heteroatoms. The first kappa shape index (κ1) is 59.4. The van der Waals surface area contributed by atoms with Crippen LogP contribution in [0.25, 0.3) is 0 Å². The fourth-order valence-corrected chi connectivity index (χ4v) is 9.60. The lowest BCUT2D eigenvalue weighted by Gasteiger charge is -2.53. The molecule has 0 aromatic carbocycles. The Labute approximate surface area is 403 Å². The molecule has 0 amide bonds. The van der Waals surface area contributed by atoms with Crippen molar-refractivity contribution in [2.45, 2.75) is 216 Å². The highest BCUT2D eigenvalue weighted by atomic mass is 16.7. The highest BCUT2D eigenvalue weighted by molar-refractivity contribution is 5.86. The number of ether oxygens (including phenoxy) is 6. The highest BCUT2D eigenvalue weighted by Crippen LogP contribution is 2.55. The summed E-state index contributed by atoms with van der Waals surface area (Å²) in [4.78, 5) is 24.7. The molecule has 0 unspecified atom stereocenters. The predicted octanol–water partition coefficient (Wildman–Crippen LogP) is -1.54. The molecule has 1 saturated carbocycles. The summed E-state index contributed by atoms with van der Waals surface area (Å²) in [5.74, 6) is -0.682. The minimum atomic E-state index is -1.75. The first-order valence-corrected chi connectivity index (χ1v) is 23.9. The van der Waals surface area contributed by atoms with Gasteiger partial charge in [0.05, 0.1) is 31.5 Å². The van der Waals surface area contributed by atoms with Gasteiger partial charge in [-0.25, -0.2) is 0 Å². The molecule has 0 aromatic rings. The average Bonchev–Trinajstić information content (AvgIpc) is 3.30. The molecule has 3 aliphatic heterocycles. The number of carbonyl (C=O) groups excluding carboxylic acids is 2. The second kappa shape index (κ2) is 25.6. The van der Waals surface area contributed by atoms with Gasteiger partial charge >= 0.3 is 0 Å². The van der Waals surface area contributed by atoms with Gasteiger partial charge in [-0.3, -0.25) is 9.59 Å². The third kappa shape index (κ3) is 14.5. The topological polar surface area (TPSA) is 353 Å². The number of aliphatic hydroxyl groups is 13. The van der Waals surface area contributed by atoms with Crippen molar-refractivity contribution in [3.05, 3.63) is 34.4 Å². The molecule has 4 aliphatic rings. The Morgan fingerprint density at radius 3 is 1.83 bits per heavy atom. The lowest BCUT2D eigenvalue weighted by atomic mass is 9.54. The maximum Gasteiger partial charge on any atom is 0.187 e. The number of hydrogen-bond donors (Lipinski definition) is 13. The minimum Gasteiger partial charge on any atom is -0.394 e. The number of aldehydes is 1. The number of ketones is 1. The van der Waals surface area contributed by atoms with Crippen molar-refractivity contribution in [1.82, 2.24) is 0 Å². The van der Waals surface area contributed by atoms with Gasteiger partial charge in [-0.2, -0.15) is 0 Å². The van der Waals surface area contributed by atoms with Crippen molar-refractivity contribution in [3.63, 3.8) is 0 Å². The van der Waals surface area contributed by atoms with Gasteiger partial charge in [0.25, 0.3) is 0 Å². The molecule has 0 spiro atoms. The largest absolute Gasteiger partial charge is 0.394 e. The number of Topliss-reactive ketones (excluding diaryl/α,β-unsaturated/α-hetero) is 1. The fourth-order valence-electron chi connectivity index (χ4n) is 9.60. The van der Waals surface area contributed by atoms with Crippen molar-refractivity contribution in [2.24, 2.45) is 11.3 Å². The third-order valence-electron chi connectivity index (χ3n) is 14.7. The Balaban J connectivity index is 1.49. The number of aliphatic hydroxyl groups excluding tert-OH is 11. The molecule has 4 fully saturated rings. The van der Waals surface area contributed by atoms with E-state index in [1.807, 2.05) is 26.0 Å². The lowest BCUT2D eigenvalue weighted by molar-refractivity contribution is -0.331. The lowest BCUT2D eigenvalue weighted by Crippen LogP contribution is -2.61. The van der Waals surface area contributed by atoms with E-state index in [1.54, 1.807) is 20.8 Å². The molecular weight excluding hydrogens is 913 g/mol. The molecule has 19 atom stereocenters. The summed E-state index contributed by atoms with van der Waals surface area (Å²) in [6.45, 7) is 9.99. The minimum absolute atomic E-state index is 0.0399. The zero-order valence-electron chi connectivity index (χ0n) is 40.8. The fraction of sp³-hybridized carbons (Fsp3) is 0.833. The molecule has 3 heterocycles. The van der Waals surface area contributed by atoms with Crippen molar-refractivity contribution >= 4 is 12.1 Å². The van der Waals surface area contributed by atoms with Crippen LogP contribution in [0.5, 0.6) is 0 Å². The number of hydrogen-bond acceptors (Lipinski definition) is 21. The van der Waals surface area contributed by atoms with Gasteiger partial charge in [0, 0.05) is 18.4 Å². The normalized spacial score (nSPS) is 40.6. The predicted molar refractivity (Wildman–Crippen MR) is 242 cm³/mol. The summed E-state index contributed by atoms with van der Waals surface area (Å²) < 4.78 is 34.5. The van der Waals surface area contributed by atoms with Crippen LogP contribution >= 0.6 is 0 Å². The van der Waals surface area contributed by atoms with E-state index in [2.05, 4.69) is 0 Å². The third-order valence-corrected chi connectivity index (χ3v) is 14.7. The van der Waals surface area contributed by atoms with E-state index in [1.165, 1.54) is 13.8 Å². The second-order valence-electron chi connectivity index (χ2n) is 20.2. The average molecular weight is 993 g/mol. The molecule has 21 nitrogen and oxygen atoms in total. The van der Waals surface area contributed by atoms with Crippen molar-refractivity contribution in [1.29, 1.82) is 0 Å². The van der Waals surface area contributed by atoms with Gasteiger partial charge in [-0.05, 0) is 110 Å². The SMILES string of the molecule is C/C(C=O)=C1\CC[C@](C)(O)[C@@](C)(CC/C=C(\C)[C@@H](C/C=C(\C)CCC(=O)C(C)(C)O)O[C@@H]2O[C@H](CO)[C@@H](O)[C@H](O)[C@H]2O)[C@@H]1CCCO[C@@H]1O[C@H](CO[C@@H]2O[C@H](CO)[C@@H](O)[C@H](O)[C@H]2O)[C@@H](O)[C@H](O)[C@H]1O. The van der Waals surface area contributed by atoms with Crippen LogP contribution in [0.3, 0.4) is 0 Å². The van der Waals surface area contributed by atoms with Gasteiger partial charge in [-0.15, -0.1) is 0 Å². The number of carbonyl (C=O) groups is 2. The van der Waals surface area contributed by atoms with Gasteiger partial charge in [0.2, 0.25) is 0 Å². The smallest absolute Gasteiger partial charge is 0.187 e. The first-order valence-electron chi connectivity index (χ1n) is 23.9. The monoisotopic (exact) mass is 993 g/mol. The number of rotatable bonds is 23. The molecule has 0 bridgehead atoms. The van der Waals surface area contributed by atoms with Crippen molar-refractivity contribution in [3.8, 4) is 0 Å². The molecule has 13 N–H and O–H groups in total. The van der Waals surface area contributed by atoms with E-state index in [-0.39, 0.29) is 31.1 Å². The van der Waals surface area contributed by atoms with Crippen LogP contribution in [0, 0.1) is 11.3 Å². The zero-order valence-corrected chi connectivity index (χ0v) is 40.8. The maximum absolute atomic E-state index is 12.4. The molecule has 3 saturated heterocycles. The van der Waals surface area contributed by atoms with Crippen molar-refractivity contribution in [2.75, 3.05) is 26.4 Å². The summed E-state index contributed by atoms with van der Waals surface area (Å²) in [6, 6.07) is 0. The van der Waals surface area contributed by atoms with Crippen LogP contribution in [0.2, 0.25) is 0 Å². The van der Waals surface area contributed by atoms with Gasteiger partial charge < -0.3 is 94.8 Å². The molecule has 0 aromatic heterocycles. The van der Waals surface area contributed by atoms with Crippen molar-refractivity contribution < 1.29 is 104 Å². The van der Waals surface area contributed by atoms with Crippen LogP contribution in [0.4, 0.5) is 0 Å². The molecule has 398 valence electrons. The molecular formula is C48H80O21. The Morgan fingerprint density at radius 1 is 0.754 bits per heavy atom. The zero-order chi connectivity index (χ0) is 51.8. The highest BCUT2D eigenvalue weighted by Gasteiger charge is 2.53. The molecule has 4 rings (SSSR count). The summed E-state index contributed by atoms with van der Waals surface area (Å²) in [5.41, 5.74) is -0.653. The summed E-state index contributed by atoms with van der Waals surface area (Å²) >= 11 is 0. The van der Waals surface area contributed by atoms with E-state index in [9.17, 15) is 76.0 Å². The van der Waals surface area contributed by atoms with Crippen LogP contribution in [0.1, 0.15) is 106 Å². The molecule has 1 aliphatic carbocycles. The standard InChI is InChI=1S/C48H80O21/c1-24(13-15-33(52)46(4,5)62)12-14-29(66-45-42(61)38(57)35(54)31(22-51)68-45)25(2)10-8-17-47(6)28(27(26(3)20-49)16-18-48(47,7)63)11-9-19-64-43-40(59)39(58)36(55)32(69-43)23-65-44-41(60)37(56)34(53)30(21-50)67-44/h10,12,20,28-32,34-45,50-51,53-63H,8-9,11,13-19,21-23H2,1-7H3/b24-12+,25-10+,27-26-/t28-,29-,30-,31-,32-,34-,35-,36-,37+,38+,39+,40-,41-,42-,43-,44-,45-,47+,48+/m1/s1. The van der Waals surface area contributed by atoms with E-state index in [0.29, 0.717) is 56.1 Å². The Kier molecular flexibility index (Phi) is 22.1. The molecule has 69 heavy (non-hydrogen) atoms. The van der Waals surface area contributed by atoms with E-state index in [0.717, 1.165) is 17.4 Å². The van der Waals surface area contributed by atoms with Crippen LogP contribution in [0.15, 0.2) is 34.4 Å². The van der Waals surface area contributed by atoms with Gasteiger partial charge in [0.15, 0.2) is 24.7 Å². The van der Waals surface area contributed by atoms with E-state index in [4.69, 9.17) is 28.4 Å². The number of allylic oxidation sites excluding steroid dienone is 4. The van der Waals surface area contributed by atoms with Crippen LogP contribution in [-0.4, -0.2) is 214 Å². The van der Waals surface area contributed by atoms with Crippen LogP contribution < -0.4 is 0 Å². The summed E-state index contributed by atoms with van der Waals surface area (Å²) in [7, 11) is 0. The van der Waals surface area contributed by atoms with E-state index >= 15 is 0 Å². The Bertz CT molecular complexity index is 1740. The first-order chi connectivity index (χ1) is 32.2. The van der Waals surface area contributed by atoms with Crippen LogP contribution in [-0.2, 0) is 38.0 Å². The quantitative estimate of drug-likeness (QED) is 0.0239. The molecule has 0 radical (unpaired) electrons. The Morgan fingerprint density at radius 2 is 1.28 bits per heavy atom. The summed E-state index contributed by atoms with van der Waals surface area (Å²) in [6.07, 6.45) is -16.6. The van der Waals surface area contributed by atoms with Gasteiger partial charge in [0.1, 0.15) is 85.1 Å². The second-order valence-corrected chi connectivity index (χ2v) is 20.2. The Hall–Kier alpha value is -2.20. The summed E-state index contributed by atoms with van der Waals surface area (Å²) in [5, 5.41) is 136. The maximum atomic E-state index is 12.4. The van der Waals surface area contributed by atoms with Gasteiger partial charge in [-0.1, -0.05) is 30.2 Å². The van der Waals surface area contributed by atoms with E-state index < -0.39 is 135 Å².